The molecule has 37 heavy (non-hydrogen) atoms. The summed E-state index contributed by atoms with van der Waals surface area (Å²) in [6.07, 6.45) is 1.93. The number of carbonyl (C=O) groups excluding carboxylic acids is 3. The second-order valence-electron chi connectivity index (χ2n) is 8.64. The molecule has 0 aliphatic heterocycles. The summed E-state index contributed by atoms with van der Waals surface area (Å²) < 4.78 is 12.1. The summed E-state index contributed by atoms with van der Waals surface area (Å²) in [6, 6.07) is 12.4. The lowest BCUT2D eigenvalue weighted by Crippen LogP contribution is -2.28. The summed E-state index contributed by atoms with van der Waals surface area (Å²) in [6.45, 7) is 3.44. The Kier molecular flexibility index (Phi) is 7.98. The minimum atomic E-state index is -0.735. The molecule has 194 valence electrons. The molecule has 1 aliphatic rings. The van der Waals surface area contributed by atoms with Gasteiger partial charge in [0, 0.05) is 23.2 Å². The van der Waals surface area contributed by atoms with E-state index in [1.165, 1.54) is 4.68 Å². The topological polar surface area (TPSA) is 138 Å². The predicted molar refractivity (Wildman–Crippen MR) is 138 cm³/mol. The number of carbonyl (C=O) groups is 3. The average molecular weight is 526 g/mol. The van der Waals surface area contributed by atoms with Crippen molar-refractivity contribution in [1.29, 1.82) is 0 Å². The first kappa shape index (κ1) is 26.0. The van der Waals surface area contributed by atoms with E-state index < -0.39 is 18.5 Å². The average Bonchev–Trinajstić information content (AvgIpc) is 3.62. The molecule has 4 N–H and O–H groups in total. The molecule has 10 nitrogen and oxygen atoms in total. The van der Waals surface area contributed by atoms with Crippen molar-refractivity contribution in [3.8, 4) is 11.6 Å². The molecule has 11 heteroatoms. The Balaban J connectivity index is 1.55. The fourth-order valence-corrected chi connectivity index (χ4v) is 3.81. The molecule has 2 aromatic carbocycles. The number of esters is 1. The lowest BCUT2D eigenvalue weighted by Gasteiger charge is -2.11. The standard InChI is InChI=1S/C26H28ClN5O5/c1-3-36-26(35)22-23(28)32(20-12-17(8-7-15(20)2)24(34)30-19-9-10-19)31-25(22)37-14-21(33)29-13-16-5-4-6-18(27)11-16/h4-8,11-12,19H,3,9-10,13-14,28H2,1-2H3,(H,29,33)(H,30,34). The van der Waals surface area contributed by atoms with Gasteiger partial charge in [-0.25, -0.2) is 9.48 Å². The highest BCUT2D eigenvalue weighted by Crippen LogP contribution is 2.30. The summed E-state index contributed by atoms with van der Waals surface area (Å²) in [5.41, 5.74) is 8.72. The summed E-state index contributed by atoms with van der Waals surface area (Å²) >= 11 is 5.98. The van der Waals surface area contributed by atoms with Crippen LogP contribution in [0.2, 0.25) is 5.02 Å². The monoisotopic (exact) mass is 525 g/mol. The van der Waals surface area contributed by atoms with Crippen LogP contribution < -0.4 is 21.1 Å². The summed E-state index contributed by atoms with van der Waals surface area (Å²) in [7, 11) is 0. The zero-order valence-electron chi connectivity index (χ0n) is 20.5. The van der Waals surface area contributed by atoms with Gasteiger partial charge in [0.05, 0.1) is 12.3 Å². The Morgan fingerprint density at radius 3 is 2.68 bits per heavy atom. The number of amides is 2. The minimum absolute atomic E-state index is 0.0318. The summed E-state index contributed by atoms with van der Waals surface area (Å²) in [4.78, 5) is 37.7. The number of nitrogen functional groups attached to an aromatic ring is 1. The smallest absolute Gasteiger partial charge is 0.347 e. The van der Waals surface area contributed by atoms with Crippen LogP contribution in [0.3, 0.4) is 0 Å². The van der Waals surface area contributed by atoms with Gasteiger partial charge >= 0.3 is 5.97 Å². The van der Waals surface area contributed by atoms with Crippen molar-refractivity contribution in [1.82, 2.24) is 20.4 Å². The molecule has 1 aliphatic carbocycles. The zero-order chi connectivity index (χ0) is 26.5. The molecule has 0 unspecified atom stereocenters. The summed E-state index contributed by atoms with van der Waals surface area (Å²) in [5, 5.41) is 10.6. The highest BCUT2D eigenvalue weighted by molar-refractivity contribution is 6.30. The fourth-order valence-electron chi connectivity index (χ4n) is 3.60. The molecule has 0 bridgehead atoms. The van der Waals surface area contributed by atoms with Crippen LogP contribution in [0.1, 0.15) is 51.6 Å². The number of aromatic nitrogens is 2. The van der Waals surface area contributed by atoms with Gasteiger partial charge in [-0.1, -0.05) is 29.8 Å². The molecule has 0 radical (unpaired) electrons. The van der Waals surface area contributed by atoms with Gasteiger partial charge in [0.15, 0.2) is 12.2 Å². The largest absolute Gasteiger partial charge is 0.466 e. The van der Waals surface area contributed by atoms with E-state index in [0.717, 1.165) is 24.0 Å². The molecule has 1 fully saturated rings. The van der Waals surface area contributed by atoms with E-state index in [1.807, 2.05) is 13.0 Å². The molecule has 3 aromatic rings. The Morgan fingerprint density at radius 1 is 1.19 bits per heavy atom. The van der Waals surface area contributed by atoms with Gasteiger partial charge in [0.1, 0.15) is 5.82 Å². The van der Waals surface area contributed by atoms with Crippen LogP contribution in [0.4, 0.5) is 5.82 Å². The molecule has 0 atom stereocenters. The first-order chi connectivity index (χ1) is 17.8. The van der Waals surface area contributed by atoms with Gasteiger partial charge in [-0.15, -0.1) is 5.10 Å². The lowest BCUT2D eigenvalue weighted by atomic mass is 10.1. The number of aryl methyl sites for hydroxylation is 1. The van der Waals surface area contributed by atoms with Crippen LogP contribution in [0.25, 0.3) is 5.69 Å². The molecular formula is C26H28ClN5O5. The molecule has 1 aromatic heterocycles. The van der Waals surface area contributed by atoms with E-state index in [2.05, 4.69) is 15.7 Å². The number of ether oxygens (including phenoxy) is 2. The molecule has 4 rings (SSSR count). The Hall–Kier alpha value is -4.05. The Morgan fingerprint density at radius 2 is 1.97 bits per heavy atom. The molecule has 0 spiro atoms. The van der Waals surface area contributed by atoms with E-state index in [9.17, 15) is 14.4 Å². The van der Waals surface area contributed by atoms with Gasteiger partial charge in [-0.3, -0.25) is 9.59 Å². The highest BCUT2D eigenvalue weighted by Gasteiger charge is 2.28. The number of nitrogens with two attached hydrogens (primary N) is 1. The van der Waals surface area contributed by atoms with E-state index in [1.54, 1.807) is 43.3 Å². The van der Waals surface area contributed by atoms with Crippen LogP contribution in [-0.2, 0) is 16.1 Å². The zero-order valence-corrected chi connectivity index (χ0v) is 21.3. The third-order valence-electron chi connectivity index (χ3n) is 5.70. The van der Waals surface area contributed by atoms with Crippen LogP contribution in [0, 0.1) is 6.92 Å². The Bertz CT molecular complexity index is 1330. The maximum absolute atomic E-state index is 12.7. The molecular weight excluding hydrogens is 498 g/mol. The van der Waals surface area contributed by atoms with E-state index in [-0.39, 0.29) is 42.4 Å². The van der Waals surface area contributed by atoms with Crippen molar-refractivity contribution in [2.75, 3.05) is 18.9 Å². The number of benzene rings is 2. The van der Waals surface area contributed by atoms with Gasteiger partial charge < -0.3 is 25.8 Å². The fraction of sp³-hybridized carbons (Fsp3) is 0.308. The molecule has 0 saturated heterocycles. The SMILES string of the molecule is CCOC(=O)c1c(OCC(=O)NCc2cccc(Cl)c2)nn(-c2cc(C(=O)NC3CC3)ccc2C)c1N. The van der Waals surface area contributed by atoms with Crippen molar-refractivity contribution in [3.63, 3.8) is 0 Å². The van der Waals surface area contributed by atoms with Crippen molar-refractivity contribution in [3.05, 3.63) is 69.7 Å². The quantitative estimate of drug-likeness (QED) is 0.346. The number of halogens is 1. The minimum Gasteiger partial charge on any atom is -0.466 e. The number of rotatable bonds is 10. The van der Waals surface area contributed by atoms with Crippen LogP contribution in [0.5, 0.6) is 5.88 Å². The maximum atomic E-state index is 12.7. The van der Waals surface area contributed by atoms with Crippen LogP contribution in [0.15, 0.2) is 42.5 Å². The number of hydrogen-bond donors (Lipinski definition) is 3. The van der Waals surface area contributed by atoms with E-state index in [0.29, 0.717) is 16.3 Å². The van der Waals surface area contributed by atoms with E-state index in [4.69, 9.17) is 26.8 Å². The number of hydrogen-bond acceptors (Lipinski definition) is 7. The van der Waals surface area contributed by atoms with Crippen molar-refractivity contribution >= 4 is 35.2 Å². The van der Waals surface area contributed by atoms with Gasteiger partial charge in [-0.2, -0.15) is 0 Å². The molecule has 2 amide bonds. The first-order valence-corrected chi connectivity index (χ1v) is 12.3. The second-order valence-corrected chi connectivity index (χ2v) is 9.08. The summed E-state index contributed by atoms with van der Waals surface area (Å²) in [5.74, 6) is -1.55. The van der Waals surface area contributed by atoms with Crippen molar-refractivity contribution in [2.45, 2.75) is 39.3 Å². The van der Waals surface area contributed by atoms with Crippen molar-refractivity contribution < 1.29 is 23.9 Å². The highest BCUT2D eigenvalue weighted by atomic mass is 35.5. The lowest BCUT2D eigenvalue weighted by molar-refractivity contribution is -0.123. The van der Waals surface area contributed by atoms with Gasteiger partial charge in [-0.05, 0) is 62.1 Å². The van der Waals surface area contributed by atoms with E-state index >= 15 is 0 Å². The number of nitrogens with one attached hydrogen (secondary N) is 2. The van der Waals surface area contributed by atoms with Gasteiger partial charge in [0.2, 0.25) is 0 Å². The van der Waals surface area contributed by atoms with Gasteiger partial charge in [0.25, 0.3) is 17.7 Å². The first-order valence-electron chi connectivity index (χ1n) is 11.9. The third-order valence-corrected chi connectivity index (χ3v) is 5.93. The number of nitrogens with zero attached hydrogens (tertiary/aromatic N) is 2. The molecule has 1 saturated carbocycles. The maximum Gasteiger partial charge on any atom is 0.347 e. The van der Waals surface area contributed by atoms with Crippen molar-refractivity contribution in [2.24, 2.45) is 0 Å². The number of anilines is 1. The van der Waals surface area contributed by atoms with Crippen LogP contribution in [-0.4, -0.2) is 46.8 Å². The Labute approximate surface area is 219 Å². The predicted octanol–water partition coefficient (Wildman–Crippen LogP) is 3.18. The second kappa shape index (κ2) is 11.3. The normalized spacial score (nSPS) is 12.6. The third kappa shape index (κ3) is 6.39. The van der Waals surface area contributed by atoms with Crippen LogP contribution >= 0.6 is 11.6 Å². The molecule has 1 heterocycles.